The Labute approximate surface area is 200 Å². The van der Waals surface area contributed by atoms with Crippen LogP contribution in [0.25, 0.3) is 11.1 Å². The number of halogens is 1. The topological polar surface area (TPSA) is 55.8 Å². The maximum absolute atomic E-state index is 14.9. The van der Waals surface area contributed by atoms with Crippen molar-refractivity contribution < 1.29 is 23.8 Å². The molecule has 0 bridgehead atoms. The molecule has 0 amide bonds. The first kappa shape index (κ1) is 24.0. The van der Waals surface area contributed by atoms with Crippen molar-refractivity contribution in [3.8, 4) is 22.6 Å². The van der Waals surface area contributed by atoms with Crippen LogP contribution >= 0.6 is 0 Å². The molecule has 1 N–H and O–H groups in total. The van der Waals surface area contributed by atoms with Crippen LogP contribution < -0.4 is 9.47 Å². The molecule has 34 heavy (non-hydrogen) atoms. The second-order valence-corrected chi connectivity index (χ2v) is 9.47. The van der Waals surface area contributed by atoms with E-state index in [1.54, 1.807) is 19.1 Å². The van der Waals surface area contributed by atoms with Gasteiger partial charge in [0.2, 0.25) is 0 Å². The maximum Gasteiger partial charge on any atom is 0.318 e. The first-order chi connectivity index (χ1) is 16.1. The zero-order valence-corrected chi connectivity index (χ0v) is 20.4. The van der Waals surface area contributed by atoms with Crippen molar-refractivity contribution in [3.05, 3.63) is 82.2 Å². The van der Waals surface area contributed by atoms with Crippen LogP contribution in [0.4, 0.5) is 4.39 Å². The SMILES string of the molecule is Cc1c(C)c2c(c(C)c1OC(=O)C(C)c1ccc(-c3ccccc3)c(F)c1)CCC(C)(CO)O2. The van der Waals surface area contributed by atoms with Gasteiger partial charge in [-0.2, -0.15) is 0 Å². The van der Waals surface area contributed by atoms with E-state index in [1.807, 2.05) is 58.0 Å². The summed E-state index contributed by atoms with van der Waals surface area (Å²) in [4.78, 5) is 13.1. The van der Waals surface area contributed by atoms with Gasteiger partial charge in [-0.15, -0.1) is 0 Å². The lowest BCUT2D eigenvalue weighted by Gasteiger charge is -2.36. The van der Waals surface area contributed by atoms with E-state index in [2.05, 4.69) is 0 Å². The molecule has 0 fully saturated rings. The predicted octanol–water partition coefficient (Wildman–Crippen LogP) is 6.20. The molecular weight excluding hydrogens is 431 g/mol. The Bertz CT molecular complexity index is 1230. The quantitative estimate of drug-likeness (QED) is 0.362. The summed E-state index contributed by atoms with van der Waals surface area (Å²) in [5.74, 6) is -0.142. The van der Waals surface area contributed by atoms with E-state index in [4.69, 9.17) is 9.47 Å². The number of carbonyl (C=O) groups is 1. The van der Waals surface area contributed by atoms with Crippen molar-refractivity contribution in [2.75, 3.05) is 6.61 Å². The predicted molar refractivity (Wildman–Crippen MR) is 131 cm³/mol. The standard InChI is InChI=1S/C29H31FO4/c1-17-18(2)27-23(13-14-29(5,16-31)34-27)20(4)26(17)33-28(32)19(3)22-11-12-24(25(30)15-22)21-9-7-6-8-10-21/h6-12,15,19,31H,13-14,16H2,1-5H3. The van der Waals surface area contributed by atoms with Gasteiger partial charge in [-0.1, -0.05) is 42.5 Å². The molecule has 0 aliphatic carbocycles. The highest BCUT2D eigenvalue weighted by molar-refractivity contribution is 5.81. The van der Waals surface area contributed by atoms with Crippen molar-refractivity contribution >= 4 is 5.97 Å². The van der Waals surface area contributed by atoms with E-state index in [1.165, 1.54) is 6.07 Å². The minimum absolute atomic E-state index is 0.0577. The second kappa shape index (κ2) is 9.22. The summed E-state index contributed by atoms with van der Waals surface area (Å²) in [5.41, 5.74) is 4.83. The van der Waals surface area contributed by atoms with E-state index in [0.717, 1.165) is 40.0 Å². The zero-order chi connectivity index (χ0) is 24.6. The summed E-state index contributed by atoms with van der Waals surface area (Å²) in [7, 11) is 0. The summed E-state index contributed by atoms with van der Waals surface area (Å²) < 4.78 is 26.9. The summed E-state index contributed by atoms with van der Waals surface area (Å²) in [6.07, 6.45) is 1.41. The third-order valence-electron chi connectivity index (χ3n) is 7.03. The third-order valence-corrected chi connectivity index (χ3v) is 7.03. The van der Waals surface area contributed by atoms with Gasteiger partial charge in [0, 0.05) is 11.1 Å². The molecule has 0 radical (unpaired) electrons. The second-order valence-electron chi connectivity index (χ2n) is 9.47. The van der Waals surface area contributed by atoms with Crippen LogP contribution in [0, 0.1) is 26.6 Å². The van der Waals surface area contributed by atoms with Crippen molar-refractivity contribution in [2.24, 2.45) is 0 Å². The average molecular weight is 463 g/mol. The molecule has 3 aromatic rings. The Hall–Kier alpha value is -3.18. The molecule has 4 nitrogen and oxygen atoms in total. The van der Waals surface area contributed by atoms with Crippen molar-refractivity contribution in [3.63, 3.8) is 0 Å². The minimum Gasteiger partial charge on any atom is -0.485 e. The summed E-state index contributed by atoms with van der Waals surface area (Å²) in [6, 6.07) is 14.2. The van der Waals surface area contributed by atoms with Crippen LogP contribution in [0.15, 0.2) is 48.5 Å². The Morgan fingerprint density at radius 3 is 2.47 bits per heavy atom. The molecule has 0 saturated heterocycles. The minimum atomic E-state index is -0.636. The summed E-state index contributed by atoms with van der Waals surface area (Å²) >= 11 is 0. The lowest BCUT2D eigenvalue weighted by Crippen LogP contribution is -2.40. The molecule has 1 aliphatic heterocycles. The number of carbonyl (C=O) groups excluding carboxylic acids is 1. The highest BCUT2D eigenvalue weighted by Crippen LogP contribution is 2.44. The molecule has 4 rings (SSSR count). The zero-order valence-electron chi connectivity index (χ0n) is 20.4. The maximum atomic E-state index is 14.9. The normalized spacial score (nSPS) is 18.1. The number of fused-ring (bicyclic) bond motifs is 1. The Kier molecular flexibility index (Phi) is 6.50. The molecule has 2 unspecified atom stereocenters. The number of ether oxygens (including phenoxy) is 2. The fourth-order valence-electron chi connectivity index (χ4n) is 4.52. The first-order valence-corrected chi connectivity index (χ1v) is 11.6. The van der Waals surface area contributed by atoms with E-state index in [9.17, 15) is 14.3 Å². The molecule has 3 aromatic carbocycles. The summed E-state index contributed by atoms with van der Waals surface area (Å²) in [6.45, 7) is 9.34. The number of rotatable bonds is 5. The van der Waals surface area contributed by atoms with Crippen LogP contribution in [0.5, 0.6) is 11.5 Å². The van der Waals surface area contributed by atoms with E-state index in [-0.39, 0.29) is 12.4 Å². The van der Waals surface area contributed by atoms with Gasteiger partial charge in [-0.05, 0) is 81.3 Å². The molecular formula is C29H31FO4. The molecule has 1 heterocycles. The number of aliphatic hydroxyl groups excluding tert-OH is 1. The number of esters is 1. The van der Waals surface area contributed by atoms with E-state index >= 15 is 0 Å². The average Bonchev–Trinajstić information content (AvgIpc) is 2.85. The van der Waals surface area contributed by atoms with Gasteiger partial charge < -0.3 is 14.6 Å². The third kappa shape index (κ3) is 4.32. The van der Waals surface area contributed by atoms with Gasteiger partial charge in [0.25, 0.3) is 0 Å². The highest BCUT2D eigenvalue weighted by atomic mass is 19.1. The molecule has 2 atom stereocenters. The molecule has 0 aromatic heterocycles. The molecule has 1 aliphatic rings. The van der Waals surface area contributed by atoms with Crippen LogP contribution in [-0.2, 0) is 11.2 Å². The highest BCUT2D eigenvalue weighted by Gasteiger charge is 2.35. The summed E-state index contributed by atoms with van der Waals surface area (Å²) in [5, 5.41) is 9.73. The van der Waals surface area contributed by atoms with Crippen LogP contribution in [-0.4, -0.2) is 23.3 Å². The Balaban J connectivity index is 1.60. The van der Waals surface area contributed by atoms with Gasteiger partial charge in [0.15, 0.2) is 0 Å². The van der Waals surface area contributed by atoms with Crippen molar-refractivity contribution in [1.29, 1.82) is 0 Å². The van der Waals surface area contributed by atoms with Gasteiger partial charge in [-0.25, -0.2) is 4.39 Å². The van der Waals surface area contributed by atoms with Crippen LogP contribution in [0.2, 0.25) is 0 Å². The largest absolute Gasteiger partial charge is 0.485 e. The smallest absolute Gasteiger partial charge is 0.318 e. The molecule has 0 spiro atoms. The number of benzene rings is 3. The van der Waals surface area contributed by atoms with Gasteiger partial charge in [0.05, 0.1) is 12.5 Å². The van der Waals surface area contributed by atoms with Crippen molar-refractivity contribution in [2.45, 2.75) is 59.0 Å². The van der Waals surface area contributed by atoms with Gasteiger partial charge in [-0.3, -0.25) is 4.79 Å². The molecule has 178 valence electrons. The first-order valence-electron chi connectivity index (χ1n) is 11.6. The van der Waals surface area contributed by atoms with Gasteiger partial charge >= 0.3 is 5.97 Å². The number of hydrogen-bond acceptors (Lipinski definition) is 4. The van der Waals surface area contributed by atoms with E-state index in [0.29, 0.717) is 23.3 Å². The van der Waals surface area contributed by atoms with Crippen LogP contribution in [0.1, 0.15) is 54.0 Å². The van der Waals surface area contributed by atoms with E-state index < -0.39 is 17.5 Å². The molecule has 5 heteroatoms. The fraction of sp³-hybridized carbons (Fsp3) is 0.345. The monoisotopic (exact) mass is 462 g/mol. The number of aliphatic hydroxyl groups is 1. The van der Waals surface area contributed by atoms with Gasteiger partial charge in [0.1, 0.15) is 22.9 Å². The number of hydrogen-bond donors (Lipinski definition) is 1. The van der Waals surface area contributed by atoms with Crippen LogP contribution in [0.3, 0.4) is 0 Å². The molecule has 0 saturated carbocycles. The fourth-order valence-corrected chi connectivity index (χ4v) is 4.52. The Morgan fingerprint density at radius 1 is 1.12 bits per heavy atom. The van der Waals surface area contributed by atoms with Crippen molar-refractivity contribution in [1.82, 2.24) is 0 Å². The lowest BCUT2D eigenvalue weighted by molar-refractivity contribution is -0.135. The Morgan fingerprint density at radius 2 is 1.82 bits per heavy atom. The lowest BCUT2D eigenvalue weighted by atomic mass is 9.87.